The van der Waals surface area contributed by atoms with Gasteiger partial charge in [0.25, 0.3) is 0 Å². The molecule has 2 aliphatic rings. The Bertz CT molecular complexity index is 673. The first-order valence-corrected chi connectivity index (χ1v) is 9.60. The average Bonchev–Trinajstić information content (AvgIpc) is 3.11. The van der Waals surface area contributed by atoms with Crippen LogP contribution in [0.5, 0.6) is 0 Å². The number of esters is 1. The van der Waals surface area contributed by atoms with E-state index in [2.05, 4.69) is 26.0 Å². The lowest BCUT2D eigenvalue weighted by molar-refractivity contribution is 0.0606. The fraction of sp³-hybridized carbons (Fsp3) is 0.583. The van der Waals surface area contributed by atoms with Crippen molar-refractivity contribution in [3.8, 4) is 0 Å². The Hall–Kier alpha value is -0.480. The molecule has 3 heterocycles. The lowest BCUT2D eigenvalue weighted by Crippen LogP contribution is -2.39. The second-order valence-corrected chi connectivity index (χ2v) is 9.36. The number of nitrogens with one attached hydrogen (secondary N) is 1. The minimum Gasteiger partial charge on any atom is -0.465 e. The molecule has 1 aromatic rings. The topological polar surface area (TPSA) is 75.7 Å². The second-order valence-electron chi connectivity index (χ2n) is 5.13. The molecule has 9 heteroatoms. The van der Waals surface area contributed by atoms with Gasteiger partial charge >= 0.3 is 5.97 Å². The molecule has 6 nitrogen and oxygen atoms in total. The zero-order valence-electron chi connectivity index (χ0n) is 11.3. The summed E-state index contributed by atoms with van der Waals surface area (Å²) in [4.78, 5) is 12.0. The van der Waals surface area contributed by atoms with Gasteiger partial charge in [0.2, 0.25) is 10.0 Å². The Balaban J connectivity index is 1.95. The van der Waals surface area contributed by atoms with Crippen molar-refractivity contribution in [3.05, 3.63) is 14.7 Å². The number of nitrogens with zero attached hydrogens (tertiary/aromatic N) is 1. The monoisotopic (exact) mass is 394 g/mol. The van der Waals surface area contributed by atoms with Crippen LogP contribution in [0.1, 0.15) is 16.1 Å². The number of methoxy groups -OCH3 is 1. The Morgan fingerprint density at radius 3 is 3.00 bits per heavy atom. The average molecular weight is 395 g/mol. The molecule has 0 unspecified atom stereocenters. The molecule has 3 rings (SSSR count). The maximum Gasteiger partial charge on any atom is 0.348 e. The largest absolute Gasteiger partial charge is 0.465 e. The summed E-state index contributed by atoms with van der Waals surface area (Å²) in [5, 5.41) is 3.24. The van der Waals surface area contributed by atoms with Crippen molar-refractivity contribution >= 4 is 43.3 Å². The molecule has 0 radical (unpaired) electrons. The molecule has 1 aromatic heterocycles. The van der Waals surface area contributed by atoms with Crippen LogP contribution in [0.4, 0.5) is 0 Å². The molecule has 0 amide bonds. The van der Waals surface area contributed by atoms with Crippen molar-refractivity contribution in [1.82, 2.24) is 9.62 Å². The summed E-state index contributed by atoms with van der Waals surface area (Å²) in [6.45, 7) is 2.10. The molecule has 1 N–H and O–H groups in total. The van der Waals surface area contributed by atoms with Crippen LogP contribution >= 0.6 is 27.3 Å². The predicted molar refractivity (Wildman–Crippen MR) is 82.0 cm³/mol. The third-order valence-electron chi connectivity index (χ3n) is 4.02. The summed E-state index contributed by atoms with van der Waals surface area (Å²) in [6, 6.07) is 1.41. The number of hydrogen-bond acceptors (Lipinski definition) is 6. The lowest BCUT2D eigenvalue weighted by atomic mass is 10.1. The van der Waals surface area contributed by atoms with Crippen LogP contribution in [0.3, 0.4) is 0 Å². The quantitative estimate of drug-likeness (QED) is 0.781. The van der Waals surface area contributed by atoms with Gasteiger partial charge < -0.3 is 10.1 Å². The first kappa shape index (κ1) is 15.4. The number of thiophene rings is 1. The van der Waals surface area contributed by atoms with Crippen molar-refractivity contribution in [1.29, 1.82) is 0 Å². The van der Waals surface area contributed by atoms with Gasteiger partial charge in [0.1, 0.15) is 9.77 Å². The van der Waals surface area contributed by atoms with Gasteiger partial charge in [0.05, 0.1) is 10.9 Å². The van der Waals surface area contributed by atoms with Gasteiger partial charge in [-0.25, -0.2) is 13.2 Å². The molecular formula is C12H15BrN2O4S2. The molecule has 2 saturated heterocycles. The molecule has 0 spiro atoms. The molecule has 0 bridgehead atoms. The van der Waals surface area contributed by atoms with E-state index in [4.69, 9.17) is 0 Å². The summed E-state index contributed by atoms with van der Waals surface area (Å²) >= 11 is 4.34. The zero-order valence-corrected chi connectivity index (χ0v) is 14.6. The van der Waals surface area contributed by atoms with Crippen LogP contribution in [-0.4, -0.2) is 51.5 Å². The van der Waals surface area contributed by atoms with E-state index in [-0.39, 0.29) is 15.8 Å². The molecule has 0 aromatic carbocycles. The van der Waals surface area contributed by atoms with Crippen LogP contribution in [0.2, 0.25) is 0 Å². The number of rotatable bonds is 3. The maximum atomic E-state index is 12.8. The van der Waals surface area contributed by atoms with Gasteiger partial charge in [0, 0.05) is 19.1 Å². The SMILES string of the molecule is COC(=O)c1cc(S(=O)(=O)N2CC[C@H]3CNC[C@H]32)c(Br)s1. The van der Waals surface area contributed by atoms with Crippen molar-refractivity contribution in [2.75, 3.05) is 26.7 Å². The van der Waals surface area contributed by atoms with E-state index in [0.29, 0.717) is 22.8 Å². The molecule has 2 fully saturated rings. The van der Waals surface area contributed by atoms with E-state index in [9.17, 15) is 13.2 Å². The predicted octanol–water partition coefficient (Wildman–Crippen LogP) is 1.28. The van der Waals surface area contributed by atoms with Crippen molar-refractivity contribution in [3.63, 3.8) is 0 Å². The Labute approximate surface area is 135 Å². The van der Waals surface area contributed by atoms with E-state index < -0.39 is 16.0 Å². The number of ether oxygens (including phenoxy) is 1. The smallest absolute Gasteiger partial charge is 0.348 e. The molecule has 2 atom stereocenters. The van der Waals surface area contributed by atoms with Gasteiger partial charge in [-0.2, -0.15) is 4.31 Å². The Morgan fingerprint density at radius 2 is 2.29 bits per heavy atom. The molecule has 0 aliphatic carbocycles. The fourth-order valence-corrected chi connectivity index (χ4v) is 7.10. The number of fused-ring (bicyclic) bond motifs is 1. The van der Waals surface area contributed by atoms with E-state index in [1.54, 1.807) is 4.31 Å². The number of sulfonamides is 1. The van der Waals surface area contributed by atoms with Crippen molar-refractivity contribution in [2.45, 2.75) is 17.4 Å². The number of carbonyl (C=O) groups excluding carboxylic acids is 1. The molecule has 116 valence electrons. The fourth-order valence-electron chi connectivity index (χ4n) is 2.96. The van der Waals surface area contributed by atoms with Gasteiger partial charge in [-0.1, -0.05) is 0 Å². The third kappa shape index (κ3) is 2.55. The van der Waals surface area contributed by atoms with Gasteiger partial charge in [-0.05, 0) is 40.9 Å². The Morgan fingerprint density at radius 1 is 1.52 bits per heavy atom. The number of halogens is 1. The summed E-state index contributed by atoms with van der Waals surface area (Å²) in [6.07, 6.45) is 0.877. The van der Waals surface area contributed by atoms with Crippen LogP contribution < -0.4 is 5.32 Å². The molecule has 0 saturated carbocycles. The summed E-state index contributed by atoms with van der Waals surface area (Å²) in [7, 11) is -2.32. The first-order valence-electron chi connectivity index (χ1n) is 6.55. The maximum absolute atomic E-state index is 12.8. The van der Waals surface area contributed by atoms with Crippen molar-refractivity contribution < 1.29 is 17.9 Å². The number of hydrogen-bond donors (Lipinski definition) is 1. The minimum atomic E-state index is -3.60. The van der Waals surface area contributed by atoms with Crippen LogP contribution in [0, 0.1) is 5.92 Å². The van der Waals surface area contributed by atoms with E-state index in [1.807, 2.05) is 0 Å². The molecular weight excluding hydrogens is 380 g/mol. The van der Waals surface area contributed by atoms with Gasteiger partial charge in [-0.3, -0.25) is 0 Å². The van der Waals surface area contributed by atoms with Gasteiger partial charge in [-0.15, -0.1) is 11.3 Å². The van der Waals surface area contributed by atoms with E-state index >= 15 is 0 Å². The summed E-state index contributed by atoms with van der Waals surface area (Å²) in [5.41, 5.74) is 0. The van der Waals surface area contributed by atoms with Crippen LogP contribution in [0.25, 0.3) is 0 Å². The first-order chi connectivity index (χ1) is 9.95. The summed E-state index contributed by atoms with van der Waals surface area (Å²) < 4.78 is 32.3. The molecule has 21 heavy (non-hydrogen) atoms. The highest BCUT2D eigenvalue weighted by atomic mass is 79.9. The normalized spacial score (nSPS) is 26.0. The minimum absolute atomic E-state index is 0.0170. The molecule has 2 aliphatic heterocycles. The highest BCUT2D eigenvalue weighted by Gasteiger charge is 2.44. The summed E-state index contributed by atoms with van der Waals surface area (Å²) in [5.74, 6) is -0.138. The standard InChI is InChI=1S/C12H15BrN2O4S2/c1-19-12(16)9-4-10(11(13)20-9)21(17,18)15-3-2-7-5-14-6-8(7)15/h4,7-8,14H,2-3,5-6H2,1H3/t7-,8+/m0/s1. The van der Waals surface area contributed by atoms with Crippen LogP contribution in [-0.2, 0) is 14.8 Å². The zero-order chi connectivity index (χ0) is 15.2. The van der Waals surface area contributed by atoms with Crippen molar-refractivity contribution in [2.24, 2.45) is 5.92 Å². The van der Waals surface area contributed by atoms with Gasteiger partial charge in [0.15, 0.2) is 0 Å². The van der Waals surface area contributed by atoms with E-state index in [0.717, 1.165) is 24.3 Å². The number of carbonyl (C=O) groups is 1. The highest BCUT2D eigenvalue weighted by Crippen LogP contribution is 2.38. The third-order valence-corrected chi connectivity index (χ3v) is 8.18. The Kier molecular flexibility index (Phi) is 4.12. The van der Waals surface area contributed by atoms with Crippen LogP contribution in [0.15, 0.2) is 14.7 Å². The lowest BCUT2D eigenvalue weighted by Gasteiger charge is -2.22. The second kappa shape index (κ2) is 5.62. The highest BCUT2D eigenvalue weighted by molar-refractivity contribution is 9.11. The van der Waals surface area contributed by atoms with E-state index in [1.165, 1.54) is 13.2 Å².